The van der Waals surface area contributed by atoms with E-state index >= 15 is 0 Å². The van der Waals surface area contributed by atoms with Gasteiger partial charge in [-0.25, -0.2) is 4.57 Å². The second kappa shape index (κ2) is 39.3. The van der Waals surface area contributed by atoms with Crippen molar-refractivity contribution in [1.29, 1.82) is 0 Å². The summed E-state index contributed by atoms with van der Waals surface area (Å²) in [6.07, 6.45) is 46.6. The summed E-state index contributed by atoms with van der Waals surface area (Å²) in [6, 6.07) is 0. The summed E-state index contributed by atoms with van der Waals surface area (Å²) >= 11 is 0. The predicted molar refractivity (Wildman–Crippen MR) is 231 cm³/mol. The fourth-order valence-corrected chi connectivity index (χ4v) is 6.11. The fraction of sp³-hybridized carbons (Fsp3) is 0.696. The third-order valence-electron chi connectivity index (χ3n) is 9.40. The van der Waals surface area contributed by atoms with Gasteiger partial charge in [-0.3, -0.25) is 14.1 Å². The Morgan fingerprint density at radius 2 is 1.07 bits per heavy atom. The van der Waals surface area contributed by atoms with Crippen LogP contribution in [0.4, 0.5) is 0 Å². The minimum atomic E-state index is -4.83. The second-order valence-corrected chi connectivity index (χ2v) is 16.0. The smallest absolute Gasteiger partial charge is 0.462 e. The van der Waals surface area contributed by atoms with Crippen LogP contribution in [0.15, 0.2) is 72.9 Å². The Kier molecular flexibility index (Phi) is 37.5. The lowest BCUT2D eigenvalue weighted by molar-refractivity contribution is -0.161. The predicted octanol–water partition coefficient (Wildman–Crippen LogP) is 12.3. The maximum absolute atomic E-state index is 12.4. The van der Waals surface area contributed by atoms with Crippen molar-refractivity contribution in [2.75, 3.05) is 13.2 Å². The van der Waals surface area contributed by atoms with Gasteiger partial charge in [0.2, 0.25) is 0 Å². The minimum Gasteiger partial charge on any atom is -0.462 e. The zero-order valence-electron chi connectivity index (χ0n) is 35.3. The molecule has 0 bridgehead atoms. The number of ether oxygens (including phenoxy) is 2. The monoisotopic (exact) mass is 807 g/mol. The van der Waals surface area contributed by atoms with Gasteiger partial charge in [-0.1, -0.05) is 190 Å². The molecule has 0 saturated heterocycles. The highest BCUT2D eigenvalue weighted by Crippen LogP contribution is 2.36. The molecule has 0 aliphatic carbocycles. The van der Waals surface area contributed by atoms with Gasteiger partial charge in [-0.05, 0) is 50.9 Å². The fourth-order valence-electron chi connectivity index (χ4n) is 5.75. The van der Waals surface area contributed by atoms with Crippen molar-refractivity contribution in [1.82, 2.24) is 0 Å². The number of carbonyl (C=O) groups is 2. The summed E-state index contributed by atoms with van der Waals surface area (Å²) in [4.78, 5) is 42.9. The molecule has 56 heavy (non-hydrogen) atoms. The molecule has 0 aliphatic rings. The first-order valence-corrected chi connectivity index (χ1v) is 23.3. The quantitative estimate of drug-likeness (QED) is 0.0183. The van der Waals surface area contributed by atoms with E-state index in [4.69, 9.17) is 19.3 Å². The molecule has 322 valence electrons. The number of hydrogen-bond donors (Lipinski definition) is 3. The molecule has 0 aromatic carbocycles. The number of aliphatic hydroxyl groups is 1. The third-order valence-corrected chi connectivity index (χ3v) is 9.88. The molecule has 0 radical (unpaired) electrons. The highest BCUT2D eigenvalue weighted by Gasteiger charge is 2.23. The highest BCUT2D eigenvalue weighted by molar-refractivity contribution is 7.46. The van der Waals surface area contributed by atoms with Gasteiger partial charge in [0.15, 0.2) is 6.10 Å². The van der Waals surface area contributed by atoms with Gasteiger partial charge in [-0.2, -0.15) is 0 Å². The van der Waals surface area contributed by atoms with Crippen LogP contribution in [0.25, 0.3) is 0 Å². The Morgan fingerprint density at radius 3 is 1.57 bits per heavy atom. The molecule has 2 unspecified atom stereocenters. The highest BCUT2D eigenvalue weighted by atomic mass is 31.2. The van der Waals surface area contributed by atoms with Crippen LogP contribution < -0.4 is 0 Å². The molecule has 3 atom stereocenters. The summed E-state index contributed by atoms with van der Waals surface area (Å²) in [5.74, 6) is -0.296. The van der Waals surface area contributed by atoms with Gasteiger partial charge in [-0.15, -0.1) is 0 Å². The molecule has 0 aromatic heterocycles. The second-order valence-electron chi connectivity index (χ2n) is 14.7. The molecule has 9 nitrogen and oxygen atoms in total. The molecule has 0 amide bonds. The molecule has 0 aromatic rings. The molecule has 0 aliphatic heterocycles. The number of phosphoric ester groups is 1. The summed E-state index contributed by atoms with van der Waals surface area (Å²) in [7, 11) is -4.83. The molecule has 0 spiro atoms. The van der Waals surface area contributed by atoms with Gasteiger partial charge >= 0.3 is 19.8 Å². The number of allylic oxidation sites excluding steroid dienone is 11. The van der Waals surface area contributed by atoms with Crippen LogP contribution in [0.2, 0.25) is 0 Å². The van der Waals surface area contributed by atoms with Crippen molar-refractivity contribution in [3.8, 4) is 0 Å². The summed E-state index contributed by atoms with van der Waals surface area (Å²) in [5.41, 5.74) is 0. The van der Waals surface area contributed by atoms with E-state index < -0.39 is 38.6 Å². The first-order chi connectivity index (χ1) is 27.1. The molecule has 0 rings (SSSR count). The zero-order chi connectivity index (χ0) is 41.4. The van der Waals surface area contributed by atoms with Crippen molar-refractivity contribution in [2.24, 2.45) is 5.92 Å². The van der Waals surface area contributed by atoms with E-state index in [-0.39, 0.29) is 25.9 Å². The van der Waals surface area contributed by atoms with Crippen LogP contribution in [0.3, 0.4) is 0 Å². The SMILES string of the molecule is CC/C=C\C/C=C\C/C=C\C/C=C\C/C=C\C=C/C(O)CCC(=O)O[C@H](COC(=O)CCCCCCCCCCCCCCCCC(C)CC)COP(=O)(O)O. The first-order valence-electron chi connectivity index (χ1n) is 21.7. The van der Waals surface area contributed by atoms with Crippen LogP contribution in [0.5, 0.6) is 0 Å². The van der Waals surface area contributed by atoms with E-state index in [0.717, 1.165) is 57.3 Å². The lowest BCUT2D eigenvalue weighted by Crippen LogP contribution is -2.29. The normalized spacial score (nSPS) is 14.3. The number of aliphatic hydroxyl groups excluding tert-OH is 1. The number of phosphoric acid groups is 1. The van der Waals surface area contributed by atoms with E-state index in [9.17, 15) is 19.3 Å². The largest absolute Gasteiger partial charge is 0.469 e. The van der Waals surface area contributed by atoms with E-state index in [1.807, 2.05) is 12.2 Å². The van der Waals surface area contributed by atoms with Crippen LogP contribution in [0, 0.1) is 5.92 Å². The van der Waals surface area contributed by atoms with Gasteiger partial charge in [0.25, 0.3) is 0 Å². The van der Waals surface area contributed by atoms with Crippen LogP contribution >= 0.6 is 7.82 Å². The summed E-state index contributed by atoms with van der Waals surface area (Å²) < 4.78 is 26.2. The topological polar surface area (TPSA) is 140 Å². The number of carbonyl (C=O) groups excluding carboxylic acids is 2. The van der Waals surface area contributed by atoms with Crippen molar-refractivity contribution >= 4 is 19.8 Å². The van der Waals surface area contributed by atoms with E-state index in [1.54, 1.807) is 12.2 Å². The molecule has 0 heterocycles. The van der Waals surface area contributed by atoms with Crippen molar-refractivity contribution < 1.29 is 43.0 Å². The van der Waals surface area contributed by atoms with Crippen LogP contribution in [-0.2, 0) is 28.2 Å². The number of esters is 2. The lowest BCUT2D eigenvalue weighted by atomic mass is 9.99. The molecular formula is C46H79O9P. The average Bonchev–Trinajstić information content (AvgIpc) is 3.17. The Labute approximate surface area is 341 Å². The standard InChI is InChI=1S/C46H79O9P/c1-4-6-7-8-9-10-11-12-13-14-18-21-24-27-30-33-36-43(47)38-39-46(49)55-44(41-54-56(50,51)52)40-53-45(48)37-34-31-28-25-22-19-16-15-17-20-23-26-29-32-35-42(3)5-2/h6-7,9-10,12-13,18,21,27,30,33,36,42-44,47H,4-5,8,11,14-17,19-20,22-26,28-29,31-32,34-35,37-41H2,1-3H3,(H2,50,51,52)/b7-6-,10-9-,13-12-,21-18-,30-27-,36-33-/t42?,43?,44-/m1/s1. The molecule has 0 saturated carbocycles. The number of hydrogen-bond acceptors (Lipinski definition) is 7. The number of rotatable bonds is 38. The van der Waals surface area contributed by atoms with Gasteiger partial charge < -0.3 is 24.4 Å². The third kappa shape index (κ3) is 41.1. The van der Waals surface area contributed by atoms with E-state index in [0.29, 0.717) is 6.42 Å². The van der Waals surface area contributed by atoms with Crippen LogP contribution in [0.1, 0.15) is 175 Å². The zero-order valence-corrected chi connectivity index (χ0v) is 36.2. The maximum Gasteiger partial charge on any atom is 0.469 e. The van der Waals surface area contributed by atoms with Crippen LogP contribution in [-0.4, -0.2) is 52.3 Å². The molecular weight excluding hydrogens is 727 g/mol. The summed E-state index contributed by atoms with van der Waals surface area (Å²) in [6.45, 7) is 5.74. The van der Waals surface area contributed by atoms with Crippen molar-refractivity contribution in [3.05, 3.63) is 72.9 Å². The minimum absolute atomic E-state index is 0.0880. The Morgan fingerprint density at radius 1 is 0.589 bits per heavy atom. The molecule has 3 N–H and O–H groups in total. The Bertz CT molecular complexity index is 1170. The lowest BCUT2D eigenvalue weighted by Gasteiger charge is -2.18. The van der Waals surface area contributed by atoms with E-state index in [2.05, 4.69) is 73.9 Å². The van der Waals surface area contributed by atoms with Gasteiger partial charge in [0, 0.05) is 12.8 Å². The average molecular weight is 807 g/mol. The molecule has 10 heteroatoms. The molecule has 0 fully saturated rings. The first kappa shape index (κ1) is 53.5. The maximum atomic E-state index is 12.4. The summed E-state index contributed by atoms with van der Waals surface area (Å²) in [5, 5.41) is 10.2. The Hall–Kier alpha value is -2.55. The Balaban J connectivity index is 4.14. The van der Waals surface area contributed by atoms with Gasteiger partial charge in [0.05, 0.1) is 12.7 Å². The van der Waals surface area contributed by atoms with Crippen molar-refractivity contribution in [2.45, 2.75) is 187 Å². The van der Waals surface area contributed by atoms with Gasteiger partial charge in [0.1, 0.15) is 6.61 Å². The van der Waals surface area contributed by atoms with E-state index in [1.165, 1.54) is 77.0 Å². The number of unbranched alkanes of at least 4 members (excludes halogenated alkanes) is 13. The van der Waals surface area contributed by atoms with Crippen molar-refractivity contribution in [3.63, 3.8) is 0 Å².